The molecule has 4 nitrogen and oxygen atoms in total. The van der Waals surface area contributed by atoms with Gasteiger partial charge in [0.05, 0.1) is 0 Å². The van der Waals surface area contributed by atoms with Crippen LogP contribution in [0.4, 0.5) is 0 Å². The molecule has 0 aromatic heterocycles. The summed E-state index contributed by atoms with van der Waals surface area (Å²) >= 11 is 0. The first-order valence-corrected chi connectivity index (χ1v) is 7.27. The lowest BCUT2D eigenvalue weighted by molar-refractivity contribution is -0.145. The van der Waals surface area contributed by atoms with Gasteiger partial charge in [-0.05, 0) is 16.9 Å². The molecule has 21 heavy (non-hydrogen) atoms. The Morgan fingerprint density at radius 3 is 2.24 bits per heavy atom. The van der Waals surface area contributed by atoms with E-state index in [9.17, 15) is 9.59 Å². The Kier molecular flexibility index (Phi) is 5.94. The summed E-state index contributed by atoms with van der Waals surface area (Å²) in [7, 11) is 0. The van der Waals surface area contributed by atoms with E-state index in [4.69, 9.17) is 5.11 Å². The van der Waals surface area contributed by atoms with Crippen LogP contribution < -0.4 is 0 Å². The molecule has 0 atom stereocenters. The fourth-order valence-electron chi connectivity index (χ4n) is 2.34. The molecule has 0 heterocycles. The summed E-state index contributed by atoms with van der Waals surface area (Å²) in [5.74, 6) is -0.838. The average Bonchev–Trinajstić information content (AvgIpc) is 2.37. The highest BCUT2D eigenvalue weighted by molar-refractivity contribution is 5.82. The second kappa shape index (κ2) is 7.25. The molecule has 0 unspecified atom stereocenters. The maximum Gasteiger partial charge on any atom is 0.323 e. The summed E-state index contributed by atoms with van der Waals surface area (Å²) in [6.07, 6.45) is 0.303. The number of benzene rings is 1. The third kappa shape index (κ3) is 5.58. The summed E-state index contributed by atoms with van der Waals surface area (Å²) in [5, 5.41) is 8.97. The van der Waals surface area contributed by atoms with Crippen LogP contribution in [0.1, 0.15) is 39.7 Å². The van der Waals surface area contributed by atoms with Crippen LogP contribution >= 0.6 is 0 Å². The van der Waals surface area contributed by atoms with Crippen molar-refractivity contribution in [2.45, 2.75) is 39.5 Å². The number of aliphatic carboxylic acids is 1. The van der Waals surface area contributed by atoms with Crippen LogP contribution in [0.2, 0.25) is 0 Å². The van der Waals surface area contributed by atoms with E-state index in [2.05, 4.69) is 0 Å². The highest BCUT2D eigenvalue weighted by Crippen LogP contribution is 2.27. The average molecular weight is 291 g/mol. The molecule has 1 aromatic rings. The van der Waals surface area contributed by atoms with E-state index in [1.165, 1.54) is 4.90 Å². The normalized spacial score (nSPS) is 11.5. The molecule has 1 rings (SSSR count). The summed E-state index contributed by atoms with van der Waals surface area (Å²) in [6.45, 7) is 8.20. The minimum atomic E-state index is -0.971. The number of hydrogen-bond acceptors (Lipinski definition) is 2. The maximum atomic E-state index is 12.5. The minimum absolute atomic E-state index is 0.111. The molecule has 1 N–H and O–H groups in total. The molecular formula is C17H25NO3. The topological polar surface area (TPSA) is 57.6 Å². The first-order chi connectivity index (χ1) is 9.72. The van der Waals surface area contributed by atoms with Gasteiger partial charge in [-0.2, -0.15) is 0 Å². The minimum Gasteiger partial charge on any atom is -0.480 e. The predicted octanol–water partition coefficient (Wildman–Crippen LogP) is 2.92. The fraction of sp³-hybridized carbons (Fsp3) is 0.529. The summed E-state index contributed by atoms with van der Waals surface area (Å²) < 4.78 is 0. The van der Waals surface area contributed by atoms with Crippen LogP contribution in [0.15, 0.2) is 30.3 Å². The second-order valence-electron chi connectivity index (χ2n) is 6.49. The third-order valence-corrected chi connectivity index (χ3v) is 3.41. The Morgan fingerprint density at radius 2 is 1.76 bits per heavy atom. The standard InChI is InChI=1S/C17H25NO3/c1-13(2)11-18(12-16(20)21)15(19)10-17(3,4)14-8-6-5-7-9-14/h5-9,13H,10-12H2,1-4H3,(H,20,21). The van der Waals surface area contributed by atoms with Crippen molar-refractivity contribution < 1.29 is 14.7 Å². The van der Waals surface area contributed by atoms with Crippen LogP contribution in [-0.4, -0.2) is 35.0 Å². The quantitative estimate of drug-likeness (QED) is 0.840. The van der Waals surface area contributed by atoms with Gasteiger partial charge in [-0.3, -0.25) is 9.59 Å². The van der Waals surface area contributed by atoms with E-state index in [1.807, 2.05) is 58.0 Å². The predicted molar refractivity (Wildman–Crippen MR) is 83.1 cm³/mol. The van der Waals surface area contributed by atoms with Crippen LogP contribution in [0.5, 0.6) is 0 Å². The molecule has 0 aliphatic carbocycles. The largest absolute Gasteiger partial charge is 0.480 e. The number of amides is 1. The number of carboxylic acid groups (broad SMARTS) is 1. The summed E-state index contributed by atoms with van der Waals surface area (Å²) in [5.41, 5.74) is 0.768. The van der Waals surface area contributed by atoms with Gasteiger partial charge in [-0.1, -0.05) is 58.0 Å². The summed E-state index contributed by atoms with van der Waals surface area (Å²) in [6, 6.07) is 9.83. The van der Waals surface area contributed by atoms with E-state index >= 15 is 0 Å². The zero-order valence-electron chi connectivity index (χ0n) is 13.3. The molecule has 0 saturated heterocycles. The van der Waals surface area contributed by atoms with Crippen LogP contribution in [0, 0.1) is 5.92 Å². The van der Waals surface area contributed by atoms with Gasteiger partial charge in [0.2, 0.25) is 5.91 Å². The Bertz CT molecular complexity index is 480. The SMILES string of the molecule is CC(C)CN(CC(=O)O)C(=O)CC(C)(C)c1ccccc1. The van der Waals surface area contributed by atoms with Gasteiger partial charge >= 0.3 is 5.97 Å². The molecule has 0 spiro atoms. The van der Waals surface area contributed by atoms with E-state index in [0.29, 0.717) is 13.0 Å². The van der Waals surface area contributed by atoms with E-state index in [-0.39, 0.29) is 23.8 Å². The number of nitrogens with zero attached hydrogens (tertiary/aromatic N) is 1. The molecule has 1 amide bonds. The first-order valence-electron chi connectivity index (χ1n) is 7.27. The summed E-state index contributed by atoms with van der Waals surface area (Å²) in [4.78, 5) is 24.8. The highest BCUT2D eigenvalue weighted by atomic mass is 16.4. The van der Waals surface area contributed by atoms with Gasteiger partial charge in [0.25, 0.3) is 0 Å². The molecule has 0 aliphatic rings. The van der Waals surface area contributed by atoms with Crippen LogP contribution in [0.3, 0.4) is 0 Å². The monoisotopic (exact) mass is 291 g/mol. The lowest BCUT2D eigenvalue weighted by atomic mass is 9.81. The molecule has 116 valence electrons. The van der Waals surface area contributed by atoms with E-state index in [1.54, 1.807) is 0 Å². The van der Waals surface area contributed by atoms with Crippen molar-refractivity contribution in [1.29, 1.82) is 0 Å². The molecular weight excluding hydrogens is 266 g/mol. The van der Waals surface area contributed by atoms with E-state index < -0.39 is 5.97 Å². The second-order valence-corrected chi connectivity index (χ2v) is 6.49. The molecule has 0 bridgehead atoms. The van der Waals surface area contributed by atoms with Crippen molar-refractivity contribution in [3.05, 3.63) is 35.9 Å². The fourth-order valence-corrected chi connectivity index (χ4v) is 2.34. The highest BCUT2D eigenvalue weighted by Gasteiger charge is 2.28. The maximum absolute atomic E-state index is 12.5. The smallest absolute Gasteiger partial charge is 0.323 e. The van der Waals surface area contributed by atoms with Crippen molar-refractivity contribution in [1.82, 2.24) is 4.90 Å². The van der Waals surface area contributed by atoms with Crippen molar-refractivity contribution in [2.24, 2.45) is 5.92 Å². The van der Waals surface area contributed by atoms with Gasteiger partial charge in [-0.25, -0.2) is 0 Å². The number of rotatable bonds is 7. The molecule has 4 heteroatoms. The molecule has 0 saturated carbocycles. The number of carbonyl (C=O) groups is 2. The van der Waals surface area contributed by atoms with Gasteiger partial charge < -0.3 is 10.0 Å². The van der Waals surface area contributed by atoms with Gasteiger partial charge in [0.15, 0.2) is 0 Å². The molecule has 0 radical (unpaired) electrons. The Morgan fingerprint density at radius 1 is 1.19 bits per heavy atom. The Hall–Kier alpha value is -1.84. The van der Waals surface area contributed by atoms with Crippen molar-refractivity contribution in [3.8, 4) is 0 Å². The zero-order chi connectivity index (χ0) is 16.0. The van der Waals surface area contributed by atoms with Gasteiger partial charge in [-0.15, -0.1) is 0 Å². The third-order valence-electron chi connectivity index (χ3n) is 3.41. The molecule has 1 aromatic carbocycles. The van der Waals surface area contributed by atoms with Gasteiger partial charge in [0, 0.05) is 13.0 Å². The van der Waals surface area contributed by atoms with Crippen LogP contribution in [0.25, 0.3) is 0 Å². The van der Waals surface area contributed by atoms with E-state index in [0.717, 1.165) is 5.56 Å². The number of carbonyl (C=O) groups excluding carboxylic acids is 1. The Labute approximate surface area is 126 Å². The lowest BCUT2D eigenvalue weighted by Crippen LogP contribution is -2.40. The van der Waals surface area contributed by atoms with Crippen LogP contribution in [-0.2, 0) is 15.0 Å². The molecule has 0 fully saturated rings. The Balaban J connectivity index is 2.82. The van der Waals surface area contributed by atoms with Crippen molar-refractivity contribution in [3.63, 3.8) is 0 Å². The van der Waals surface area contributed by atoms with Gasteiger partial charge in [0.1, 0.15) is 6.54 Å². The number of carboxylic acids is 1. The lowest BCUT2D eigenvalue weighted by Gasteiger charge is -2.29. The number of hydrogen-bond donors (Lipinski definition) is 1. The van der Waals surface area contributed by atoms with Crippen molar-refractivity contribution >= 4 is 11.9 Å². The van der Waals surface area contributed by atoms with Crippen molar-refractivity contribution in [2.75, 3.05) is 13.1 Å². The molecule has 0 aliphatic heterocycles. The first kappa shape index (κ1) is 17.2. The zero-order valence-corrected chi connectivity index (χ0v) is 13.3.